The molecule has 0 aliphatic carbocycles. The molecule has 0 unspecified atom stereocenters. The third-order valence-corrected chi connectivity index (χ3v) is 5.18. The maximum atomic E-state index is 12.2. The topological polar surface area (TPSA) is 61.4 Å². The molecule has 0 saturated carbocycles. The van der Waals surface area contributed by atoms with Gasteiger partial charge >= 0.3 is 11.4 Å². The first kappa shape index (κ1) is 19.2. The van der Waals surface area contributed by atoms with E-state index in [1.54, 1.807) is 12.1 Å². The molecule has 1 heterocycles. The monoisotopic (exact) mass is 387 g/mol. The quantitative estimate of drug-likeness (QED) is 0.588. The highest BCUT2D eigenvalue weighted by atomic mass is 35.5. The van der Waals surface area contributed by atoms with Gasteiger partial charge in [-0.2, -0.15) is 0 Å². The summed E-state index contributed by atoms with van der Waals surface area (Å²) in [5.41, 5.74) is 2.90. The molecular weight excluding hydrogens is 366 g/mol. The first-order chi connectivity index (χ1) is 12.9. The highest BCUT2D eigenvalue weighted by molar-refractivity contribution is 6.32. The van der Waals surface area contributed by atoms with E-state index in [2.05, 4.69) is 0 Å². The van der Waals surface area contributed by atoms with Gasteiger partial charge in [0.2, 0.25) is 0 Å². The smallest absolute Gasteiger partial charge is 0.422 e. The summed E-state index contributed by atoms with van der Waals surface area (Å²) in [6.45, 7) is 6.78. The maximum absolute atomic E-state index is 12.2. The van der Waals surface area contributed by atoms with Crippen molar-refractivity contribution in [3.8, 4) is 5.75 Å². The standard InChI is InChI=1S/C21H22ClNO4/c1-13-7-6-8-17-19(13)23(21(25)27-20(17)24)9-4-5-10-26-16-11-14(2)18(22)15(3)12-16/h6-8,11-12H,4-5,9-10H2,1-3H3. The lowest BCUT2D eigenvalue weighted by atomic mass is 10.1. The summed E-state index contributed by atoms with van der Waals surface area (Å²) in [7, 11) is 0. The lowest BCUT2D eigenvalue weighted by Crippen LogP contribution is -2.25. The van der Waals surface area contributed by atoms with Crippen LogP contribution in [-0.2, 0) is 6.54 Å². The number of hydrogen-bond acceptors (Lipinski definition) is 4. The van der Waals surface area contributed by atoms with Crippen molar-refractivity contribution in [3.63, 3.8) is 0 Å². The van der Waals surface area contributed by atoms with Crippen LogP contribution in [-0.4, -0.2) is 11.2 Å². The van der Waals surface area contributed by atoms with Crippen LogP contribution in [0.25, 0.3) is 10.9 Å². The zero-order chi connectivity index (χ0) is 19.6. The van der Waals surface area contributed by atoms with E-state index in [9.17, 15) is 9.59 Å². The molecule has 0 amide bonds. The average molecular weight is 388 g/mol. The minimum absolute atomic E-state index is 0.429. The second kappa shape index (κ2) is 8.01. The molecule has 2 aromatic carbocycles. The third kappa shape index (κ3) is 4.08. The van der Waals surface area contributed by atoms with E-state index in [1.165, 1.54) is 4.57 Å². The van der Waals surface area contributed by atoms with Gasteiger partial charge in [0.1, 0.15) is 5.75 Å². The SMILES string of the molecule is Cc1cc(OCCCCn2c(=O)oc(=O)c3cccc(C)c32)cc(C)c1Cl. The van der Waals surface area contributed by atoms with Gasteiger partial charge in [0.25, 0.3) is 0 Å². The number of hydrogen-bond donors (Lipinski definition) is 0. The number of ether oxygens (including phenoxy) is 1. The van der Waals surface area contributed by atoms with Crippen LogP contribution in [0.4, 0.5) is 0 Å². The molecule has 0 aliphatic heterocycles. The molecule has 0 saturated heterocycles. The summed E-state index contributed by atoms with van der Waals surface area (Å²) in [6, 6.07) is 9.18. The predicted octanol–water partition coefficient (Wildman–Crippen LogP) is 4.39. The van der Waals surface area contributed by atoms with Crippen LogP contribution >= 0.6 is 11.6 Å². The Morgan fingerprint density at radius 3 is 2.44 bits per heavy atom. The number of fused-ring (bicyclic) bond motifs is 1. The number of nitrogens with zero attached hydrogens (tertiary/aromatic N) is 1. The molecule has 0 atom stereocenters. The highest BCUT2D eigenvalue weighted by Crippen LogP contribution is 2.26. The summed E-state index contributed by atoms with van der Waals surface area (Å²) in [6.07, 6.45) is 1.49. The molecule has 0 radical (unpaired) electrons. The molecule has 3 rings (SSSR count). The van der Waals surface area contributed by atoms with Crippen LogP contribution in [0.1, 0.15) is 29.5 Å². The second-order valence-corrected chi connectivity index (χ2v) is 7.08. The van der Waals surface area contributed by atoms with Crippen molar-refractivity contribution in [2.75, 3.05) is 6.61 Å². The predicted molar refractivity (Wildman–Crippen MR) is 107 cm³/mol. The van der Waals surface area contributed by atoms with E-state index in [-0.39, 0.29) is 0 Å². The fraction of sp³-hybridized carbons (Fsp3) is 0.333. The van der Waals surface area contributed by atoms with E-state index in [1.807, 2.05) is 39.0 Å². The van der Waals surface area contributed by atoms with Crippen molar-refractivity contribution in [1.82, 2.24) is 4.57 Å². The molecule has 142 valence electrons. The molecular formula is C21H22ClNO4. The molecule has 27 heavy (non-hydrogen) atoms. The van der Waals surface area contributed by atoms with Gasteiger partial charge in [-0.3, -0.25) is 4.57 Å². The number of rotatable bonds is 6. The number of para-hydroxylation sites is 1. The lowest BCUT2D eigenvalue weighted by Gasteiger charge is -2.12. The van der Waals surface area contributed by atoms with Crippen molar-refractivity contribution in [2.45, 2.75) is 40.2 Å². The third-order valence-electron chi connectivity index (χ3n) is 4.58. The molecule has 0 spiro atoms. The Morgan fingerprint density at radius 2 is 1.74 bits per heavy atom. The molecule has 1 aromatic heterocycles. The Morgan fingerprint density at radius 1 is 1.04 bits per heavy atom. The first-order valence-corrected chi connectivity index (χ1v) is 9.29. The van der Waals surface area contributed by atoms with Gasteiger partial charge in [-0.15, -0.1) is 0 Å². The van der Waals surface area contributed by atoms with Crippen molar-refractivity contribution >= 4 is 22.5 Å². The summed E-state index contributed by atoms with van der Waals surface area (Å²) in [5.74, 6) is 0.172. The molecule has 0 fully saturated rings. The Hall–Kier alpha value is -2.53. The van der Waals surface area contributed by atoms with E-state index in [0.717, 1.165) is 40.3 Å². The number of aromatic nitrogens is 1. The van der Waals surface area contributed by atoms with Gasteiger partial charge in [0.15, 0.2) is 0 Å². The molecule has 6 heteroatoms. The number of halogens is 1. The van der Waals surface area contributed by atoms with E-state index >= 15 is 0 Å². The molecule has 3 aromatic rings. The Balaban J connectivity index is 1.67. The summed E-state index contributed by atoms with van der Waals surface area (Å²) < 4.78 is 12.2. The van der Waals surface area contributed by atoms with Gasteiger partial charge in [0.05, 0.1) is 17.5 Å². The van der Waals surface area contributed by atoms with Gasteiger partial charge < -0.3 is 9.15 Å². The van der Waals surface area contributed by atoms with Crippen LogP contribution in [0.2, 0.25) is 5.02 Å². The van der Waals surface area contributed by atoms with Crippen LogP contribution in [0.3, 0.4) is 0 Å². The number of benzene rings is 2. The Kier molecular flexibility index (Phi) is 5.71. The second-order valence-electron chi connectivity index (χ2n) is 6.70. The Labute approximate surface area is 162 Å². The van der Waals surface area contributed by atoms with Gasteiger partial charge in [-0.1, -0.05) is 23.7 Å². The number of unbranched alkanes of at least 4 members (excludes halogenated alkanes) is 1. The largest absolute Gasteiger partial charge is 0.494 e. The van der Waals surface area contributed by atoms with Crippen LogP contribution in [0, 0.1) is 20.8 Å². The molecule has 0 aliphatic rings. The zero-order valence-corrected chi connectivity index (χ0v) is 16.4. The Bertz CT molecular complexity index is 1070. The minimum Gasteiger partial charge on any atom is -0.494 e. The van der Waals surface area contributed by atoms with Crippen LogP contribution in [0.15, 0.2) is 44.3 Å². The van der Waals surface area contributed by atoms with E-state index in [4.69, 9.17) is 20.8 Å². The van der Waals surface area contributed by atoms with Crippen molar-refractivity contribution < 1.29 is 9.15 Å². The fourth-order valence-corrected chi connectivity index (χ4v) is 3.33. The van der Waals surface area contributed by atoms with Crippen LogP contribution in [0.5, 0.6) is 5.75 Å². The molecule has 5 nitrogen and oxygen atoms in total. The minimum atomic E-state index is -0.619. The van der Waals surface area contributed by atoms with E-state index < -0.39 is 11.4 Å². The lowest BCUT2D eigenvalue weighted by molar-refractivity contribution is 0.300. The molecule has 0 N–H and O–H groups in total. The van der Waals surface area contributed by atoms with Crippen molar-refractivity contribution in [2.24, 2.45) is 0 Å². The zero-order valence-electron chi connectivity index (χ0n) is 15.7. The van der Waals surface area contributed by atoms with Gasteiger partial charge in [0, 0.05) is 11.6 Å². The van der Waals surface area contributed by atoms with Crippen LogP contribution < -0.4 is 16.1 Å². The fourth-order valence-electron chi connectivity index (χ4n) is 3.22. The first-order valence-electron chi connectivity index (χ1n) is 8.91. The summed E-state index contributed by atoms with van der Waals surface area (Å²) in [4.78, 5) is 24.1. The van der Waals surface area contributed by atoms with Crippen molar-refractivity contribution in [3.05, 3.63) is 73.0 Å². The van der Waals surface area contributed by atoms with Gasteiger partial charge in [-0.25, -0.2) is 9.59 Å². The average Bonchev–Trinajstić information content (AvgIpc) is 2.62. The van der Waals surface area contributed by atoms with E-state index in [0.29, 0.717) is 24.1 Å². The van der Waals surface area contributed by atoms with Crippen molar-refractivity contribution in [1.29, 1.82) is 0 Å². The van der Waals surface area contributed by atoms with Gasteiger partial charge in [-0.05, 0) is 68.5 Å². The maximum Gasteiger partial charge on any atom is 0.422 e. The highest BCUT2D eigenvalue weighted by Gasteiger charge is 2.11. The molecule has 0 bridgehead atoms. The summed E-state index contributed by atoms with van der Waals surface area (Å²) >= 11 is 6.17. The summed E-state index contributed by atoms with van der Waals surface area (Å²) in [5, 5.41) is 1.19. The normalized spacial score (nSPS) is 11.1. The number of aryl methyl sites for hydroxylation is 4.